The Bertz CT molecular complexity index is 320. The van der Waals surface area contributed by atoms with Gasteiger partial charge in [0.05, 0.1) is 5.69 Å². The molecule has 1 aromatic heterocycles. The highest BCUT2D eigenvalue weighted by Crippen LogP contribution is 2.44. The van der Waals surface area contributed by atoms with Crippen molar-refractivity contribution in [2.45, 2.75) is 25.4 Å². The normalized spacial score (nSPS) is 17.6. The van der Waals surface area contributed by atoms with Gasteiger partial charge in [0.15, 0.2) is 5.66 Å². The summed E-state index contributed by atoms with van der Waals surface area (Å²) >= 11 is 0. The van der Waals surface area contributed by atoms with Crippen LogP contribution in [0.15, 0.2) is 18.3 Å². The third-order valence-corrected chi connectivity index (χ3v) is 4.22. The summed E-state index contributed by atoms with van der Waals surface area (Å²) in [6.07, 6.45) is 4.00. The zero-order valence-corrected chi connectivity index (χ0v) is 7.92. The summed E-state index contributed by atoms with van der Waals surface area (Å²) < 4.78 is 11.7. The lowest BCUT2D eigenvalue weighted by molar-refractivity contribution is 0.592. The highest BCUT2D eigenvalue weighted by Gasteiger charge is 2.43. The maximum absolute atomic E-state index is 11.7. The third kappa shape index (κ3) is 1.39. The quantitative estimate of drug-likeness (QED) is 0.651. The van der Waals surface area contributed by atoms with Crippen LogP contribution in [0.1, 0.15) is 18.5 Å². The van der Waals surface area contributed by atoms with Crippen molar-refractivity contribution in [1.29, 1.82) is 0 Å². The Kier molecular flexibility index (Phi) is 1.93. The van der Waals surface area contributed by atoms with E-state index in [1.807, 2.05) is 19.1 Å². The number of hydrogen-bond acceptors (Lipinski definition) is 2. The lowest BCUT2D eigenvalue weighted by atomic mass is 10.4. The molecule has 1 saturated carbocycles. The van der Waals surface area contributed by atoms with E-state index >= 15 is 0 Å². The lowest BCUT2D eigenvalue weighted by Gasteiger charge is -1.90. The number of aromatic nitrogens is 1. The summed E-state index contributed by atoms with van der Waals surface area (Å²) in [6.45, 7) is 1.92. The van der Waals surface area contributed by atoms with Gasteiger partial charge in [-0.15, -0.1) is 0 Å². The van der Waals surface area contributed by atoms with E-state index in [9.17, 15) is 4.57 Å². The molecular formula is C9H11NOP+. The zero-order chi connectivity index (χ0) is 8.55. The molecule has 0 saturated heterocycles. The molecule has 0 N–H and O–H groups in total. The van der Waals surface area contributed by atoms with Gasteiger partial charge in [-0.05, 0) is 31.9 Å². The molecule has 1 unspecified atom stereocenters. The fourth-order valence-corrected chi connectivity index (χ4v) is 2.84. The first-order valence-electron chi connectivity index (χ1n) is 4.17. The monoisotopic (exact) mass is 180 g/mol. The van der Waals surface area contributed by atoms with Crippen molar-refractivity contribution >= 4 is 13.1 Å². The molecule has 1 fully saturated rings. The topological polar surface area (TPSA) is 30.0 Å². The van der Waals surface area contributed by atoms with E-state index in [0.717, 1.165) is 23.8 Å². The van der Waals surface area contributed by atoms with E-state index < -0.39 is 7.80 Å². The average molecular weight is 180 g/mol. The molecule has 1 aromatic rings. The van der Waals surface area contributed by atoms with Gasteiger partial charge in [0, 0.05) is 6.20 Å². The van der Waals surface area contributed by atoms with E-state index in [1.54, 1.807) is 6.20 Å². The molecule has 1 heterocycles. The molecule has 1 aliphatic rings. The third-order valence-electron chi connectivity index (χ3n) is 2.09. The van der Waals surface area contributed by atoms with Crippen LogP contribution >= 0.6 is 7.80 Å². The summed E-state index contributed by atoms with van der Waals surface area (Å²) in [7, 11) is -1.16. The molecule has 0 spiro atoms. The molecule has 0 radical (unpaired) electrons. The van der Waals surface area contributed by atoms with Crippen LogP contribution in [0.25, 0.3) is 0 Å². The Balaban J connectivity index is 2.32. The first kappa shape index (κ1) is 7.88. The van der Waals surface area contributed by atoms with Crippen molar-refractivity contribution < 1.29 is 4.57 Å². The van der Waals surface area contributed by atoms with Crippen LogP contribution < -0.4 is 5.30 Å². The lowest BCUT2D eigenvalue weighted by Crippen LogP contribution is -2.04. The number of aryl methyl sites for hydroxylation is 1. The first-order chi connectivity index (χ1) is 5.79. The van der Waals surface area contributed by atoms with Crippen LogP contribution in [0.4, 0.5) is 0 Å². The summed E-state index contributed by atoms with van der Waals surface area (Å²) in [5, 5.41) is 0.954. The minimum atomic E-state index is -1.16. The van der Waals surface area contributed by atoms with Gasteiger partial charge in [-0.2, -0.15) is 0 Å². The van der Waals surface area contributed by atoms with Gasteiger partial charge in [-0.25, -0.2) is 0 Å². The number of nitrogens with zero attached hydrogens (tertiary/aromatic N) is 1. The highest BCUT2D eigenvalue weighted by atomic mass is 31.1. The van der Waals surface area contributed by atoms with Gasteiger partial charge in [-0.1, -0.05) is 4.57 Å². The largest absolute Gasteiger partial charge is 0.381 e. The van der Waals surface area contributed by atoms with Gasteiger partial charge >= 0.3 is 7.80 Å². The van der Waals surface area contributed by atoms with Gasteiger partial charge < -0.3 is 0 Å². The standard InChI is InChI=1S/C9H11NOP/c1-7-9(3-2-6-10-7)12(11)8-4-5-8/h2-3,6,8H,4-5H2,1H3/q+1. The van der Waals surface area contributed by atoms with Crippen LogP contribution in [0.3, 0.4) is 0 Å². The fourth-order valence-electron chi connectivity index (χ4n) is 1.21. The van der Waals surface area contributed by atoms with E-state index in [4.69, 9.17) is 0 Å². The second-order valence-corrected chi connectivity index (χ2v) is 5.03. The average Bonchev–Trinajstić information content (AvgIpc) is 2.86. The van der Waals surface area contributed by atoms with Gasteiger partial charge in [0.1, 0.15) is 0 Å². The minimum Gasteiger partial charge on any atom is -0.257 e. The van der Waals surface area contributed by atoms with Crippen LogP contribution in [0, 0.1) is 6.92 Å². The predicted molar refractivity (Wildman–Crippen MR) is 49.2 cm³/mol. The van der Waals surface area contributed by atoms with Crippen LogP contribution in [0.2, 0.25) is 0 Å². The van der Waals surface area contributed by atoms with Crippen LogP contribution in [-0.2, 0) is 4.57 Å². The number of hydrogen-bond donors (Lipinski definition) is 0. The van der Waals surface area contributed by atoms with Crippen molar-refractivity contribution in [2.24, 2.45) is 0 Å². The number of pyridine rings is 1. The summed E-state index contributed by atoms with van der Waals surface area (Å²) in [5.41, 5.74) is 1.37. The Labute approximate surface area is 72.8 Å². The first-order valence-corrected chi connectivity index (χ1v) is 5.50. The molecule has 0 bridgehead atoms. The van der Waals surface area contributed by atoms with Crippen molar-refractivity contribution in [1.82, 2.24) is 4.98 Å². The van der Waals surface area contributed by atoms with Crippen molar-refractivity contribution in [2.75, 3.05) is 0 Å². The molecule has 0 aromatic carbocycles. The van der Waals surface area contributed by atoms with E-state index in [0.29, 0.717) is 5.66 Å². The Morgan fingerprint density at radius 3 is 2.92 bits per heavy atom. The molecular weight excluding hydrogens is 169 g/mol. The van der Waals surface area contributed by atoms with E-state index in [1.165, 1.54) is 0 Å². The molecule has 62 valence electrons. The zero-order valence-electron chi connectivity index (χ0n) is 7.03. The predicted octanol–water partition coefficient (Wildman–Crippen LogP) is 2.01. The maximum atomic E-state index is 11.7. The second kappa shape index (κ2) is 2.95. The smallest absolute Gasteiger partial charge is 0.257 e. The summed E-state index contributed by atoms with van der Waals surface area (Å²) in [6, 6.07) is 3.79. The molecule has 0 amide bonds. The Morgan fingerprint density at radius 1 is 1.58 bits per heavy atom. The Morgan fingerprint density at radius 2 is 2.33 bits per heavy atom. The van der Waals surface area contributed by atoms with Crippen LogP contribution in [0.5, 0.6) is 0 Å². The molecule has 1 aliphatic carbocycles. The SMILES string of the molecule is Cc1ncccc1[P+](=O)C1CC1. The van der Waals surface area contributed by atoms with Gasteiger partial charge in [0.25, 0.3) is 0 Å². The molecule has 2 rings (SSSR count). The Hall–Kier alpha value is -0.750. The van der Waals surface area contributed by atoms with E-state index in [2.05, 4.69) is 4.98 Å². The van der Waals surface area contributed by atoms with E-state index in [-0.39, 0.29) is 0 Å². The van der Waals surface area contributed by atoms with Crippen molar-refractivity contribution in [3.8, 4) is 0 Å². The summed E-state index contributed by atoms with van der Waals surface area (Å²) in [4.78, 5) is 4.13. The van der Waals surface area contributed by atoms with Gasteiger partial charge in [0.2, 0.25) is 5.30 Å². The van der Waals surface area contributed by atoms with Crippen molar-refractivity contribution in [3.63, 3.8) is 0 Å². The maximum Gasteiger partial charge on any atom is 0.381 e. The number of rotatable bonds is 2. The molecule has 3 heteroatoms. The van der Waals surface area contributed by atoms with Crippen LogP contribution in [-0.4, -0.2) is 10.6 Å². The molecule has 12 heavy (non-hydrogen) atoms. The molecule has 1 atom stereocenters. The minimum absolute atomic E-state index is 0.447. The van der Waals surface area contributed by atoms with Gasteiger partial charge in [-0.3, -0.25) is 4.98 Å². The highest BCUT2D eigenvalue weighted by molar-refractivity contribution is 7.54. The summed E-state index contributed by atoms with van der Waals surface area (Å²) in [5.74, 6) is 0. The fraction of sp³-hybridized carbons (Fsp3) is 0.444. The second-order valence-electron chi connectivity index (χ2n) is 3.16. The molecule has 2 nitrogen and oxygen atoms in total. The van der Waals surface area contributed by atoms with Crippen molar-refractivity contribution in [3.05, 3.63) is 24.0 Å². The molecule has 0 aliphatic heterocycles.